The zero-order valence-electron chi connectivity index (χ0n) is 6.28. The summed E-state index contributed by atoms with van der Waals surface area (Å²) in [7, 11) is 0. The van der Waals surface area contributed by atoms with Crippen LogP contribution in [-0.4, -0.2) is 0 Å². The maximum absolute atomic E-state index is 5.37. The molecule has 1 aromatic rings. The van der Waals surface area contributed by atoms with Gasteiger partial charge in [0, 0.05) is 6.42 Å². The molecule has 0 saturated carbocycles. The minimum Gasteiger partial charge on any atom is -0.454 e. The minimum absolute atomic E-state index is 0.848. The largest absolute Gasteiger partial charge is 0.454 e. The van der Waals surface area contributed by atoms with Crippen LogP contribution in [0, 0.1) is 0 Å². The molecule has 1 aromatic heterocycles. The lowest BCUT2D eigenvalue weighted by Crippen LogP contribution is -1.81. The molecule has 0 aliphatic rings. The molecule has 0 aromatic carbocycles. The molecule has 0 N–H and O–H groups in total. The molecule has 10 heavy (non-hydrogen) atoms. The predicted octanol–water partition coefficient (Wildman–Crippen LogP) is 3.17. The highest BCUT2D eigenvalue weighted by atomic mass is 79.9. The van der Waals surface area contributed by atoms with Crippen LogP contribution in [-0.2, 0) is 12.8 Å². The highest BCUT2D eigenvalue weighted by Crippen LogP contribution is 2.20. The summed E-state index contributed by atoms with van der Waals surface area (Å²) in [5, 5.41) is 0. The quantitative estimate of drug-likeness (QED) is 0.719. The normalized spacial score (nSPS) is 10.3. The Morgan fingerprint density at radius 2 is 2.10 bits per heavy atom. The highest BCUT2D eigenvalue weighted by Gasteiger charge is 2.04. The fourth-order valence-corrected chi connectivity index (χ4v) is 1.50. The molecular weight excluding hydrogens is 192 g/mol. The maximum Gasteiger partial charge on any atom is 0.169 e. The van der Waals surface area contributed by atoms with Crippen LogP contribution in [0.3, 0.4) is 0 Å². The Morgan fingerprint density at radius 3 is 2.50 bits per heavy atom. The number of hydrogen-bond acceptors (Lipinski definition) is 1. The smallest absolute Gasteiger partial charge is 0.169 e. The van der Waals surface area contributed by atoms with E-state index >= 15 is 0 Å². The molecule has 0 saturated heterocycles. The fourth-order valence-electron chi connectivity index (χ4n) is 1.03. The molecule has 2 heteroatoms. The zero-order chi connectivity index (χ0) is 7.56. The molecule has 0 spiro atoms. The van der Waals surface area contributed by atoms with Crippen molar-refractivity contribution in [3.8, 4) is 0 Å². The molecule has 0 fully saturated rings. The molecule has 0 radical (unpaired) electrons. The molecular formula is C8H11BrO. The second-order valence-electron chi connectivity index (χ2n) is 2.21. The Labute approximate surface area is 69.6 Å². The van der Waals surface area contributed by atoms with Crippen molar-refractivity contribution in [1.29, 1.82) is 0 Å². The summed E-state index contributed by atoms with van der Waals surface area (Å²) in [5.41, 5.74) is 1.31. The van der Waals surface area contributed by atoms with Crippen LogP contribution in [0.5, 0.6) is 0 Å². The van der Waals surface area contributed by atoms with Crippen molar-refractivity contribution in [3.05, 3.63) is 22.1 Å². The third-order valence-corrected chi connectivity index (χ3v) is 1.96. The van der Waals surface area contributed by atoms with E-state index in [1.807, 2.05) is 6.07 Å². The summed E-state index contributed by atoms with van der Waals surface area (Å²) in [6.07, 6.45) is 2.03. The first-order valence-corrected chi connectivity index (χ1v) is 4.34. The van der Waals surface area contributed by atoms with Gasteiger partial charge in [0.15, 0.2) is 4.67 Å². The van der Waals surface area contributed by atoms with Gasteiger partial charge in [-0.25, -0.2) is 0 Å². The van der Waals surface area contributed by atoms with E-state index in [0.29, 0.717) is 0 Å². The van der Waals surface area contributed by atoms with Crippen LogP contribution in [0.4, 0.5) is 0 Å². The van der Waals surface area contributed by atoms with Gasteiger partial charge >= 0.3 is 0 Å². The van der Waals surface area contributed by atoms with Crippen molar-refractivity contribution < 1.29 is 4.42 Å². The molecule has 0 aliphatic heterocycles. The molecule has 1 heterocycles. The summed E-state index contributed by atoms with van der Waals surface area (Å²) in [6.45, 7) is 4.24. The van der Waals surface area contributed by atoms with Crippen LogP contribution in [0.15, 0.2) is 15.2 Å². The molecule has 1 rings (SSSR count). The standard InChI is InChI=1S/C8H11BrO/c1-3-6-5-8(9)10-7(6)4-2/h5H,3-4H2,1-2H3. The number of halogens is 1. The van der Waals surface area contributed by atoms with E-state index in [2.05, 4.69) is 29.8 Å². The van der Waals surface area contributed by atoms with E-state index in [0.717, 1.165) is 23.3 Å². The first kappa shape index (κ1) is 7.86. The SMILES string of the molecule is CCc1cc(Br)oc1CC. The number of rotatable bonds is 2. The van der Waals surface area contributed by atoms with Gasteiger partial charge in [0.2, 0.25) is 0 Å². The number of aryl methyl sites for hydroxylation is 2. The van der Waals surface area contributed by atoms with Crippen LogP contribution in [0.25, 0.3) is 0 Å². The molecule has 0 unspecified atom stereocenters. The van der Waals surface area contributed by atoms with Gasteiger partial charge in [-0.1, -0.05) is 13.8 Å². The zero-order valence-corrected chi connectivity index (χ0v) is 7.86. The summed E-state index contributed by atoms with van der Waals surface area (Å²) >= 11 is 3.30. The average molecular weight is 203 g/mol. The van der Waals surface area contributed by atoms with Crippen molar-refractivity contribution in [2.45, 2.75) is 26.7 Å². The predicted molar refractivity (Wildman–Crippen MR) is 45.2 cm³/mol. The maximum atomic E-state index is 5.37. The second-order valence-corrected chi connectivity index (χ2v) is 2.99. The average Bonchev–Trinajstić information content (AvgIpc) is 2.30. The molecule has 0 atom stereocenters. The van der Waals surface area contributed by atoms with E-state index in [-0.39, 0.29) is 0 Å². The topological polar surface area (TPSA) is 13.1 Å². The van der Waals surface area contributed by atoms with E-state index in [4.69, 9.17) is 4.42 Å². The first-order chi connectivity index (χ1) is 4.77. The van der Waals surface area contributed by atoms with Crippen molar-refractivity contribution in [3.63, 3.8) is 0 Å². The molecule has 56 valence electrons. The van der Waals surface area contributed by atoms with Gasteiger partial charge in [0.05, 0.1) is 0 Å². The lowest BCUT2D eigenvalue weighted by Gasteiger charge is -1.91. The molecule has 1 nitrogen and oxygen atoms in total. The molecule has 0 bridgehead atoms. The Kier molecular flexibility index (Phi) is 2.55. The van der Waals surface area contributed by atoms with E-state index in [1.54, 1.807) is 0 Å². The summed E-state index contributed by atoms with van der Waals surface area (Å²) in [4.78, 5) is 0. The second kappa shape index (κ2) is 3.24. The lowest BCUT2D eigenvalue weighted by atomic mass is 10.2. The number of furan rings is 1. The van der Waals surface area contributed by atoms with Crippen LogP contribution < -0.4 is 0 Å². The van der Waals surface area contributed by atoms with Crippen molar-refractivity contribution in [1.82, 2.24) is 0 Å². The van der Waals surface area contributed by atoms with Gasteiger partial charge in [0.25, 0.3) is 0 Å². The summed E-state index contributed by atoms with van der Waals surface area (Å²) < 4.78 is 6.22. The van der Waals surface area contributed by atoms with Gasteiger partial charge < -0.3 is 4.42 Å². The fraction of sp³-hybridized carbons (Fsp3) is 0.500. The van der Waals surface area contributed by atoms with Gasteiger partial charge in [-0.3, -0.25) is 0 Å². The van der Waals surface area contributed by atoms with E-state index in [1.165, 1.54) is 5.56 Å². The van der Waals surface area contributed by atoms with Crippen molar-refractivity contribution in [2.75, 3.05) is 0 Å². The van der Waals surface area contributed by atoms with Crippen molar-refractivity contribution in [2.24, 2.45) is 0 Å². The lowest BCUT2D eigenvalue weighted by molar-refractivity contribution is 0.490. The Bertz CT molecular complexity index is 194. The van der Waals surface area contributed by atoms with E-state index in [9.17, 15) is 0 Å². The summed E-state index contributed by atoms with van der Waals surface area (Å²) in [6, 6.07) is 2.04. The Morgan fingerprint density at radius 1 is 1.40 bits per heavy atom. The first-order valence-electron chi connectivity index (χ1n) is 3.55. The van der Waals surface area contributed by atoms with Gasteiger partial charge in [-0.2, -0.15) is 0 Å². The van der Waals surface area contributed by atoms with Crippen LogP contribution in [0.1, 0.15) is 25.2 Å². The molecule has 0 aliphatic carbocycles. The van der Waals surface area contributed by atoms with E-state index < -0.39 is 0 Å². The summed E-state index contributed by atoms with van der Waals surface area (Å²) in [5.74, 6) is 1.11. The Hall–Kier alpha value is -0.240. The monoisotopic (exact) mass is 202 g/mol. The Balaban J connectivity index is 2.96. The van der Waals surface area contributed by atoms with Gasteiger partial charge in [-0.15, -0.1) is 0 Å². The van der Waals surface area contributed by atoms with Crippen LogP contribution in [0.2, 0.25) is 0 Å². The van der Waals surface area contributed by atoms with Crippen molar-refractivity contribution >= 4 is 15.9 Å². The van der Waals surface area contributed by atoms with Gasteiger partial charge in [-0.05, 0) is 34.0 Å². The third kappa shape index (κ3) is 1.43. The van der Waals surface area contributed by atoms with Gasteiger partial charge in [0.1, 0.15) is 5.76 Å². The molecule has 0 amide bonds. The van der Waals surface area contributed by atoms with Crippen LogP contribution >= 0.6 is 15.9 Å². The number of hydrogen-bond donors (Lipinski definition) is 0. The highest BCUT2D eigenvalue weighted by molar-refractivity contribution is 9.10. The third-order valence-electron chi connectivity index (χ3n) is 1.57. The minimum atomic E-state index is 0.848.